The quantitative estimate of drug-likeness (QED) is 0.580. The first-order chi connectivity index (χ1) is 8.24. The lowest BCUT2D eigenvalue weighted by atomic mass is 9.82. The van der Waals surface area contributed by atoms with Crippen LogP contribution in [0.1, 0.15) is 39.0 Å². The third-order valence-corrected chi connectivity index (χ3v) is 3.70. The second kappa shape index (κ2) is 8.92. The number of rotatable bonds is 7. The van der Waals surface area contributed by atoms with Crippen LogP contribution in [0.15, 0.2) is 0 Å². The monoisotopic (exact) mass is 305 g/mol. The Morgan fingerprint density at radius 3 is 2.65 bits per heavy atom. The highest BCUT2D eigenvalue weighted by Crippen LogP contribution is 2.28. The number of ether oxygens (including phenoxy) is 1. The number of carbonyl (C=O) groups is 1. The van der Waals surface area contributed by atoms with Gasteiger partial charge in [0.15, 0.2) is 0 Å². The van der Waals surface area contributed by atoms with Gasteiger partial charge in [-0.15, -0.1) is 0 Å². The molecule has 0 aromatic heterocycles. The maximum atomic E-state index is 11.8. The van der Waals surface area contributed by atoms with Crippen molar-refractivity contribution in [2.75, 3.05) is 25.1 Å². The van der Waals surface area contributed by atoms with E-state index in [2.05, 4.69) is 28.2 Å². The summed E-state index contributed by atoms with van der Waals surface area (Å²) >= 11 is 3.30. The normalized spacial score (nSPS) is 24.6. The number of amides is 1. The van der Waals surface area contributed by atoms with Crippen LogP contribution in [0, 0.1) is 11.8 Å². The van der Waals surface area contributed by atoms with Crippen molar-refractivity contribution in [3.63, 3.8) is 0 Å². The summed E-state index contributed by atoms with van der Waals surface area (Å²) in [7, 11) is 0. The first kappa shape index (κ1) is 15.0. The summed E-state index contributed by atoms with van der Waals surface area (Å²) < 4.78 is 5.33. The molecule has 0 saturated heterocycles. The van der Waals surface area contributed by atoms with Gasteiger partial charge in [-0.2, -0.15) is 0 Å². The average molecular weight is 306 g/mol. The van der Waals surface area contributed by atoms with Gasteiger partial charge in [0.25, 0.3) is 0 Å². The van der Waals surface area contributed by atoms with Crippen LogP contribution < -0.4 is 5.32 Å². The minimum absolute atomic E-state index is 0.248. The van der Waals surface area contributed by atoms with E-state index in [1.165, 1.54) is 12.8 Å². The molecule has 4 heteroatoms. The topological polar surface area (TPSA) is 38.3 Å². The number of hydrogen-bond donors (Lipinski definition) is 1. The maximum Gasteiger partial charge on any atom is 0.223 e. The molecule has 1 amide bonds. The molecule has 0 aromatic rings. The van der Waals surface area contributed by atoms with Crippen molar-refractivity contribution in [2.45, 2.75) is 39.0 Å². The van der Waals surface area contributed by atoms with Crippen molar-refractivity contribution in [1.29, 1.82) is 0 Å². The summed E-state index contributed by atoms with van der Waals surface area (Å²) in [6, 6.07) is 0. The molecule has 1 rings (SSSR count). The number of nitrogens with one attached hydrogen (secondary N) is 1. The molecule has 0 bridgehead atoms. The van der Waals surface area contributed by atoms with E-state index in [1.807, 2.05) is 0 Å². The molecule has 1 saturated carbocycles. The summed E-state index contributed by atoms with van der Waals surface area (Å²) in [5.41, 5.74) is 0. The molecule has 1 N–H and O–H groups in total. The molecule has 0 aromatic carbocycles. The van der Waals surface area contributed by atoms with Crippen molar-refractivity contribution in [3.8, 4) is 0 Å². The fourth-order valence-corrected chi connectivity index (χ4v) is 2.44. The van der Waals surface area contributed by atoms with Gasteiger partial charge in [0, 0.05) is 24.4 Å². The zero-order valence-electron chi connectivity index (χ0n) is 10.7. The second-order valence-electron chi connectivity index (χ2n) is 4.90. The van der Waals surface area contributed by atoms with Gasteiger partial charge < -0.3 is 10.1 Å². The van der Waals surface area contributed by atoms with Gasteiger partial charge in [-0.1, -0.05) is 22.9 Å². The summed E-state index contributed by atoms with van der Waals surface area (Å²) in [5, 5.41) is 3.89. The van der Waals surface area contributed by atoms with Crippen LogP contribution in [-0.4, -0.2) is 31.0 Å². The Morgan fingerprint density at radius 1 is 1.29 bits per heavy atom. The molecule has 100 valence electrons. The van der Waals surface area contributed by atoms with Crippen LogP contribution in [0.2, 0.25) is 0 Å². The Morgan fingerprint density at radius 2 is 2.00 bits per heavy atom. The van der Waals surface area contributed by atoms with Crippen LogP contribution in [0.5, 0.6) is 0 Å². The van der Waals surface area contributed by atoms with Crippen molar-refractivity contribution >= 4 is 21.8 Å². The van der Waals surface area contributed by atoms with E-state index in [9.17, 15) is 4.79 Å². The molecule has 1 aliphatic rings. The van der Waals surface area contributed by atoms with Gasteiger partial charge in [0.1, 0.15) is 0 Å². The van der Waals surface area contributed by atoms with Gasteiger partial charge >= 0.3 is 0 Å². The highest BCUT2D eigenvalue weighted by atomic mass is 79.9. The molecule has 17 heavy (non-hydrogen) atoms. The SMILES string of the molecule is CC1CCC(C(=O)NCCCOCCBr)CC1. The average Bonchev–Trinajstić information content (AvgIpc) is 2.34. The lowest BCUT2D eigenvalue weighted by Gasteiger charge is -2.25. The van der Waals surface area contributed by atoms with Crippen molar-refractivity contribution in [2.24, 2.45) is 11.8 Å². The summed E-state index contributed by atoms with van der Waals surface area (Å²) in [6.45, 7) is 4.49. The van der Waals surface area contributed by atoms with Crippen LogP contribution in [-0.2, 0) is 9.53 Å². The molecular weight excluding hydrogens is 282 g/mol. The molecule has 1 aliphatic carbocycles. The molecule has 0 unspecified atom stereocenters. The van der Waals surface area contributed by atoms with E-state index in [0.29, 0.717) is 0 Å². The largest absolute Gasteiger partial charge is 0.381 e. The van der Waals surface area contributed by atoms with Crippen molar-refractivity contribution in [1.82, 2.24) is 5.32 Å². The summed E-state index contributed by atoms with van der Waals surface area (Å²) in [4.78, 5) is 11.8. The number of hydrogen-bond acceptors (Lipinski definition) is 2. The second-order valence-corrected chi connectivity index (χ2v) is 5.70. The van der Waals surface area contributed by atoms with Crippen molar-refractivity contribution < 1.29 is 9.53 Å². The fourth-order valence-electron chi connectivity index (χ4n) is 2.21. The van der Waals surface area contributed by atoms with Gasteiger partial charge in [-0.25, -0.2) is 0 Å². The predicted octanol–water partition coefficient (Wildman–Crippen LogP) is 2.73. The number of alkyl halides is 1. The van der Waals surface area contributed by atoms with Gasteiger partial charge in [0.2, 0.25) is 5.91 Å². The van der Waals surface area contributed by atoms with E-state index < -0.39 is 0 Å². The van der Waals surface area contributed by atoms with E-state index in [1.54, 1.807) is 0 Å². The Kier molecular flexibility index (Phi) is 7.86. The maximum absolute atomic E-state index is 11.8. The Hall–Kier alpha value is -0.0900. The number of carbonyl (C=O) groups excluding carboxylic acids is 1. The van der Waals surface area contributed by atoms with Crippen LogP contribution in [0.4, 0.5) is 0 Å². The highest BCUT2D eigenvalue weighted by molar-refractivity contribution is 9.09. The van der Waals surface area contributed by atoms with E-state index in [4.69, 9.17) is 4.74 Å². The molecular formula is C13H24BrNO2. The Labute approximate surface area is 113 Å². The van der Waals surface area contributed by atoms with Crippen LogP contribution in [0.3, 0.4) is 0 Å². The predicted molar refractivity (Wildman–Crippen MR) is 73.4 cm³/mol. The molecule has 0 aliphatic heterocycles. The van der Waals surface area contributed by atoms with Gasteiger partial charge in [-0.3, -0.25) is 4.79 Å². The molecule has 0 radical (unpaired) electrons. The van der Waals surface area contributed by atoms with Crippen LogP contribution in [0.25, 0.3) is 0 Å². The van der Waals surface area contributed by atoms with E-state index >= 15 is 0 Å². The molecule has 1 fully saturated rings. The lowest BCUT2D eigenvalue weighted by Crippen LogP contribution is -2.33. The van der Waals surface area contributed by atoms with Crippen molar-refractivity contribution in [3.05, 3.63) is 0 Å². The minimum atomic E-state index is 0.248. The fraction of sp³-hybridized carbons (Fsp3) is 0.923. The minimum Gasteiger partial charge on any atom is -0.381 e. The number of halogens is 1. The van der Waals surface area contributed by atoms with Crippen LogP contribution >= 0.6 is 15.9 Å². The van der Waals surface area contributed by atoms with Gasteiger partial charge in [0.05, 0.1) is 6.61 Å². The third kappa shape index (κ3) is 6.41. The summed E-state index contributed by atoms with van der Waals surface area (Å²) in [5.74, 6) is 1.31. The molecule has 3 nitrogen and oxygen atoms in total. The first-order valence-electron chi connectivity index (χ1n) is 6.65. The Balaban J connectivity index is 2.01. The molecule has 0 atom stereocenters. The standard InChI is InChI=1S/C13H24BrNO2/c1-11-3-5-12(6-4-11)13(16)15-8-2-9-17-10-7-14/h11-12H,2-10H2,1H3,(H,15,16). The zero-order chi connectivity index (χ0) is 12.5. The molecule has 0 heterocycles. The summed E-state index contributed by atoms with van der Waals surface area (Å²) in [6.07, 6.45) is 5.43. The van der Waals surface area contributed by atoms with E-state index in [0.717, 1.165) is 50.3 Å². The van der Waals surface area contributed by atoms with E-state index in [-0.39, 0.29) is 11.8 Å². The zero-order valence-corrected chi connectivity index (χ0v) is 12.3. The Bertz CT molecular complexity index is 215. The smallest absolute Gasteiger partial charge is 0.223 e. The third-order valence-electron chi connectivity index (χ3n) is 3.37. The first-order valence-corrected chi connectivity index (χ1v) is 7.77. The highest BCUT2D eigenvalue weighted by Gasteiger charge is 2.23. The molecule has 0 spiro atoms. The lowest BCUT2D eigenvalue weighted by molar-refractivity contribution is -0.126. The van der Waals surface area contributed by atoms with Gasteiger partial charge in [-0.05, 0) is 38.0 Å².